The van der Waals surface area contributed by atoms with E-state index in [0.29, 0.717) is 5.41 Å². The van der Waals surface area contributed by atoms with E-state index in [9.17, 15) is 0 Å². The maximum absolute atomic E-state index is 6.20. The van der Waals surface area contributed by atoms with Crippen LogP contribution in [-0.2, 0) is 0 Å². The van der Waals surface area contributed by atoms with Crippen molar-refractivity contribution in [3.8, 4) is 0 Å². The molecular weight excluding hydrogens is 234 g/mol. The lowest BCUT2D eigenvalue weighted by atomic mass is 9.63. The first-order chi connectivity index (χ1) is 8.71. The minimum absolute atomic E-state index is 0.216. The summed E-state index contributed by atoms with van der Waals surface area (Å²) in [6, 6.07) is 0. The van der Waals surface area contributed by atoms with Crippen LogP contribution in [0.25, 0.3) is 0 Å². The van der Waals surface area contributed by atoms with Crippen LogP contribution in [0.5, 0.6) is 0 Å². The second kappa shape index (κ2) is 6.55. The predicted molar refractivity (Wildman–Crippen MR) is 84.4 cm³/mol. The van der Waals surface area contributed by atoms with Gasteiger partial charge in [0.2, 0.25) is 0 Å². The van der Waals surface area contributed by atoms with Crippen molar-refractivity contribution in [3.05, 3.63) is 0 Å². The lowest BCUT2D eigenvalue weighted by molar-refractivity contribution is 0.00218. The van der Waals surface area contributed by atoms with Crippen LogP contribution in [0.1, 0.15) is 46.5 Å². The molecule has 1 fully saturated rings. The molecule has 2 N–H and O–H groups in total. The van der Waals surface area contributed by atoms with Gasteiger partial charge in [0, 0.05) is 12.1 Å². The third kappa shape index (κ3) is 4.73. The number of rotatable bonds is 6. The molecule has 1 rings (SSSR count). The second-order valence-electron chi connectivity index (χ2n) is 7.86. The zero-order valence-electron chi connectivity index (χ0n) is 14.0. The van der Waals surface area contributed by atoms with Crippen molar-refractivity contribution in [2.45, 2.75) is 52.0 Å². The Balaban J connectivity index is 2.67. The van der Waals surface area contributed by atoms with E-state index in [-0.39, 0.29) is 5.54 Å². The normalized spacial score (nSPS) is 31.1. The van der Waals surface area contributed by atoms with Gasteiger partial charge in [-0.05, 0) is 71.2 Å². The summed E-state index contributed by atoms with van der Waals surface area (Å²) in [5.74, 6) is 0.781. The lowest BCUT2D eigenvalue weighted by Gasteiger charge is -2.52. The molecule has 0 bridgehead atoms. The molecule has 1 saturated carbocycles. The number of hydrogen-bond acceptors (Lipinski definition) is 3. The molecule has 0 heterocycles. The first-order valence-electron chi connectivity index (χ1n) is 7.77. The quantitative estimate of drug-likeness (QED) is 0.804. The van der Waals surface area contributed by atoms with Gasteiger partial charge in [-0.1, -0.05) is 20.8 Å². The van der Waals surface area contributed by atoms with Gasteiger partial charge in [-0.25, -0.2) is 0 Å². The number of likely N-dealkylation sites (N-methyl/N-ethyl adjacent to an activating group) is 1. The zero-order chi connectivity index (χ0) is 14.7. The molecule has 2 atom stereocenters. The molecule has 0 radical (unpaired) electrons. The molecule has 3 nitrogen and oxygen atoms in total. The van der Waals surface area contributed by atoms with Crippen molar-refractivity contribution >= 4 is 0 Å². The predicted octanol–water partition coefficient (Wildman–Crippen LogP) is 2.41. The lowest BCUT2D eigenvalue weighted by Crippen LogP contribution is -2.58. The zero-order valence-corrected chi connectivity index (χ0v) is 14.0. The molecule has 114 valence electrons. The first-order valence-corrected chi connectivity index (χ1v) is 7.77. The molecule has 1 aliphatic carbocycles. The Morgan fingerprint density at radius 3 is 2.21 bits per heavy atom. The maximum atomic E-state index is 6.20. The summed E-state index contributed by atoms with van der Waals surface area (Å²) in [7, 11) is 6.56. The van der Waals surface area contributed by atoms with Gasteiger partial charge < -0.3 is 10.6 Å². The molecular formula is C16H35N3. The molecule has 0 spiro atoms. The van der Waals surface area contributed by atoms with Gasteiger partial charge in [-0.3, -0.25) is 4.90 Å². The van der Waals surface area contributed by atoms with E-state index in [2.05, 4.69) is 51.7 Å². The van der Waals surface area contributed by atoms with Crippen LogP contribution in [0.4, 0.5) is 0 Å². The Kier molecular flexibility index (Phi) is 5.84. The van der Waals surface area contributed by atoms with Crippen molar-refractivity contribution in [3.63, 3.8) is 0 Å². The average molecular weight is 269 g/mol. The van der Waals surface area contributed by atoms with E-state index in [1.165, 1.54) is 25.7 Å². The SMILES string of the molecule is CC1CC(C)(C)CC(CN)(N(C)CCCN(C)C)C1. The van der Waals surface area contributed by atoms with Crippen molar-refractivity contribution in [1.82, 2.24) is 9.80 Å². The third-order valence-electron chi connectivity index (χ3n) is 4.73. The summed E-state index contributed by atoms with van der Waals surface area (Å²) in [6.07, 6.45) is 5.05. The van der Waals surface area contributed by atoms with Gasteiger partial charge in [-0.2, -0.15) is 0 Å². The highest BCUT2D eigenvalue weighted by molar-refractivity contribution is 5.00. The standard InChI is InChI=1S/C16H35N3/c1-14-10-15(2,3)12-16(11-14,13-17)19(6)9-7-8-18(4)5/h14H,7-13,17H2,1-6H3. The van der Waals surface area contributed by atoms with Crippen LogP contribution in [0, 0.1) is 11.3 Å². The molecule has 0 saturated heterocycles. The van der Waals surface area contributed by atoms with Crippen molar-refractivity contribution in [2.24, 2.45) is 17.1 Å². The molecule has 19 heavy (non-hydrogen) atoms. The van der Waals surface area contributed by atoms with Crippen LogP contribution in [0.3, 0.4) is 0 Å². The van der Waals surface area contributed by atoms with Crippen LogP contribution in [0.15, 0.2) is 0 Å². The fraction of sp³-hybridized carbons (Fsp3) is 1.00. The highest BCUT2D eigenvalue weighted by atomic mass is 15.2. The van der Waals surface area contributed by atoms with Gasteiger partial charge in [0.25, 0.3) is 0 Å². The third-order valence-corrected chi connectivity index (χ3v) is 4.73. The summed E-state index contributed by atoms with van der Waals surface area (Å²) in [6.45, 7) is 10.3. The van der Waals surface area contributed by atoms with Gasteiger partial charge in [0.15, 0.2) is 0 Å². The van der Waals surface area contributed by atoms with Gasteiger partial charge in [0.05, 0.1) is 0 Å². The number of hydrogen-bond donors (Lipinski definition) is 1. The Bertz CT molecular complexity index is 275. The molecule has 1 aliphatic rings. The molecule has 2 unspecified atom stereocenters. The number of nitrogens with zero attached hydrogens (tertiary/aromatic N) is 2. The van der Waals surface area contributed by atoms with Crippen molar-refractivity contribution < 1.29 is 0 Å². The highest BCUT2D eigenvalue weighted by Crippen LogP contribution is 2.45. The molecule has 0 aromatic rings. The summed E-state index contributed by atoms with van der Waals surface area (Å²) >= 11 is 0. The highest BCUT2D eigenvalue weighted by Gasteiger charge is 2.44. The smallest absolute Gasteiger partial charge is 0.0336 e. The first kappa shape index (κ1) is 16.9. The van der Waals surface area contributed by atoms with E-state index in [1.54, 1.807) is 0 Å². The van der Waals surface area contributed by atoms with Gasteiger partial charge >= 0.3 is 0 Å². The largest absolute Gasteiger partial charge is 0.329 e. The molecule has 0 aliphatic heterocycles. The molecule has 0 aromatic heterocycles. The van der Waals surface area contributed by atoms with E-state index >= 15 is 0 Å². The van der Waals surface area contributed by atoms with Crippen molar-refractivity contribution in [1.29, 1.82) is 0 Å². The van der Waals surface area contributed by atoms with E-state index < -0.39 is 0 Å². The summed E-state index contributed by atoms with van der Waals surface area (Å²) in [5, 5.41) is 0. The maximum Gasteiger partial charge on any atom is 0.0336 e. The topological polar surface area (TPSA) is 32.5 Å². The fourth-order valence-electron chi connectivity index (χ4n) is 4.16. The monoisotopic (exact) mass is 269 g/mol. The fourth-order valence-corrected chi connectivity index (χ4v) is 4.16. The molecule has 0 amide bonds. The van der Waals surface area contributed by atoms with E-state index in [4.69, 9.17) is 5.73 Å². The summed E-state index contributed by atoms with van der Waals surface area (Å²) < 4.78 is 0. The Hall–Kier alpha value is -0.120. The minimum atomic E-state index is 0.216. The van der Waals surface area contributed by atoms with E-state index in [0.717, 1.165) is 25.6 Å². The van der Waals surface area contributed by atoms with Gasteiger partial charge in [0.1, 0.15) is 0 Å². The summed E-state index contributed by atoms with van der Waals surface area (Å²) in [5.41, 5.74) is 6.84. The van der Waals surface area contributed by atoms with Crippen LogP contribution >= 0.6 is 0 Å². The van der Waals surface area contributed by atoms with Gasteiger partial charge in [-0.15, -0.1) is 0 Å². The molecule has 3 heteroatoms. The molecule has 0 aromatic carbocycles. The number of nitrogens with two attached hydrogens (primary N) is 1. The van der Waals surface area contributed by atoms with Crippen molar-refractivity contribution in [2.75, 3.05) is 40.8 Å². The Morgan fingerprint density at radius 1 is 1.11 bits per heavy atom. The minimum Gasteiger partial charge on any atom is -0.329 e. The second-order valence-corrected chi connectivity index (χ2v) is 7.86. The summed E-state index contributed by atoms with van der Waals surface area (Å²) in [4.78, 5) is 4.81. The average Bonchev–Trinajstić information content (AvgIpc) is 2.25. The van der Waals surface area contributed by atoms with Crippen LogP contribution < -0.4 is 5.73 Å². The van der Waals surface area contributed by atoms with E-state index in [1.807, 2.05) is 0 Å². The Labute approximate surface area is 120 Å². The Morgan fingerprint density at radius 2 is 1.74 bits per heavy atom. The van der Waals surface area contributed by atoms with Crippen LogP contribution in [0.2, 0.25) is 0 Å². The van der Waals surface area contributed by atoms with Crippen LogP contribution in [-0.4, -0.2) is 56.1 Å².